The maximum absolute atomic E-state index is 11.8. The van der Waals surface area contributed by atoms with Crippen molar-refractivity contribution < 1.29 is 42.9 Å². The quantitative estimate of drug-likeness (QED) is 0.460. The lowest BCUT2D eigenvalue weighted by Gasteiger charge is -2.44. The summed E-state index contributed by atoms with van der Waals surface area (Å²) in [6.45, 7) is 4.56. The fraction of sp³-hybridized carbons (Fsp3) is 0.500. The lowest BCUT2D eigenvalue weighted by atomic mass is 9.99. The molecule has 1 aromatic rings. The summed E-state index contributed by atoms with van der Waals surface area (Å²) in [5, 5.41) is 0. The fourth-order valence-corrected chi connectivity index (χ4v) is 4.04. The summed E-state index contributed by atoms with van der Waals surface area (Å²) in [6.07, 6.45) is -4.33. The van der Waals surface area contributed by atoms with E-state index in [0.717, 1.165) is 4.90 Å². The van der Waals surface area contributed by atoms with Gasteiger partial charge in [0.05, 0.1) is 0 Å². The Labute approximate surface area is 178 Å². The zero-order valence-corrected chi connectivity index (χ0v) is 17.9. The van der Waals surface area contributed by atoms with Crippen molar-refractivity contribution >= 4 is 35.6 Å². The predicted molar refractivity (Wildman–Crippen MR) is 104 cm³/mol. The van der Waals surface area contributed by atoms with Crippen LogP contribution in [-0.4, -0.2) is 60.3 Å². The van der Waals surface area contributed by atoms with Gasteiger partial charge < -0.3 is 23.7 Å². The van der Waals surface area contributed by atoms with Crippen LogP contribution in [0.1, 0.15) is 27.7 Å². The summed E-state index contributed by atoms with van der Waals surface area (Å²) in [7, 11) is 0. The van der Waals surface area contributed by atoms with E-state index in [1.165, 1.54) is 39.5 Å². The number of esters is 4. The van der Waals surface area contributed by atoms with Gasteiger partial charge in [0.2, 0.25) is 0 Å². The van der Waals surface area contributed by atoms with E-state index in [1.807, 2.05) is 30.3 Å². The van der Waals surface area contributed by atoms with Crippen LogP contribution in [0, 0.1) is 0 Å². The van der Waals surface area contributed by atoms with Crippen molar-refractivity contribution in [3.05, 3.63) is 30.3 Å². The second kappa shape index (κ2) is 11.0. The Balaban J connectivity index is 2.42. The van der Waals surface area contributed by atoms with Crippen LogP contribution >= 0.6 is 11.8 Å². The second-order valence-electron chi connectivity index (χ2n) is 6.50. The summed E-state index contributed by atoms with van der Waals surface area (Å²) in [6, 6.07) is 9.16. The molecular formula is C20H24O9S. The molecule has 0 amide bonds. The van der Waals surface area contributed by atoms with Gasteiger partial charge in [0.15, 0.2) is 18.3 Å². The van der Waals surface area contributed by atoms with Crippen LogP contribution in [-0.2, 0) is 42.9 Å². The Hall–Kier alpha value is -2.59. The summed E-state index contributed by atoms with van der Waals surface area (Å²) in [5.74, 6) is -2.51. The third-order valence-electron chi connectivity index (χ3n) is 3.94. The number of ether oxygens (including phenoxy) is 5. The van der Waals surface area contributed by atoms with E-state index < -0.39 is 53.7 Å². The SMILES string of the molecule is CC(=O)OC[C@@H]1O[C@H](Sc2ccccc2)[C@@H](OC(C)=O)[C@H](OC(C)=O)[C@H]1OC(C)=O. The minimum Gasteiger partial charge on any atom is -0.463 e. The smallest absolute Gasteiger partial charge is 0.303 e. The molecule has 0 radical (unpaired) electrons. The molecule has 5 atom stereocenters. The van der Waals surface area contributed by atoms with E-state index in [1.54, 1.807) is 0 Å². The molecular weight excluding hydrogens is 416 g/mol. The molecule has 0 saturated carbocycles. The zero-order valence-electron chi connectivity index (χ0n) is 17.1. The Morgan fingerprint density at radius 2 is 1.33 bits per heavy atom. The van der Waals surface area contributed by atoms with Crippen LogP contribution in [0.15, 0.2) is 35.2 Å². The molecule has 1 fully saturated rings. The topological polar surface area (TPSA) is 114 Å². The van der Waals surface area contributed by atoms with E-state index in [0.29, 0.717) is 0 Å². The number of benzene rings is 1. The largest absolute Gasteiger partial charge is 0.463 e. The van der Waals surface area contributed by atoms with Crippen molar-refractivity contribution in [2.24, 2.45) is 0 Å². The molecule has 1 aliphatic rings. The number of carbonyl (C=O) groups is 4. The van der Waals surface area contributed by atoms with Gasteiger partial charge in [-0.25, -0.2) is 0 Å². The first-order valence-corrected chi connectivity index (χ1v) is 10.1. The molecule has 0 spiro atoms. The molecule has 0 N–H and O–H groups in total. The molecule has 9 nitrogen and oxygen atoms in total. The molecule has 2 rings (SSSR count). The number of thioether (sulfide) groups is 1. The van der Waals surface area contributed by atoms with Crippen LogP contribution in [0.4, 0.5) is 0 Å². The first-order valence-electron chi connectivity index (χ1n) is 9.19. The molecule has 0 aromatic heterocycles. The lowest BCUT2D eigenvalue weighted by molar-refractivity contribution is -0.237. The van der Waals surface area contributed by atoms with Crippen molar-refractivity contribution in [2.45, 2.75) is 62.4 Å². The summed E-state index contributed by atoms with van der Waals surface area (Å²) in [4.78, 5) is 47.3. The van der Waals surface area contributed by atoms with Crippen molar-refractivity contribution in [3.63, 3.8) is 0 Å². The Morgan fingerprint density at radius 3 is 1.87 bits per heavy atom. The van der Waals surface area contributed by atoms with Crippen LogP contribution in [0.25, 0.3) is 0 Å². The highest BCUT2D eigenvalue weighted by Gasteiger charge is 2.52. The van der Waals surface area contributed by atoms with Crippen molar-refractivity contribution in [1.82, 2.24) is 0 Å². The Bertz CT molecular complexity index is 767. The normalized spacial score (nSPS) is 25.7. The van der Waals surface area contributed by atoms with Gasteiger partial charge in [-0.1, -0.05) is 30.0 Å². The van der Waals surface area contributed by atoms with Gasteiger partial charge in [-0.2, -0.15) is 0 Å². The van der Waals surface area contributed by atoms with Gasteiger partial charge in [-0.05, 0) is 12.1 Å². The number of hydrogen-bond acceptors (Lipinski definition) is 10. The number of carbonyl (C=O) groups excluding carboxylic acids is 4. The lowest BCUT2D eigenvalue weighted by Crippen LogP contribution is -2.61. The van der Waals surface area contributed by atoms with Gasteiger partial charge in [0.25, 0.3) is 0 Å². The van der Waals surface area contributed by atoms with Gasteiger partial charge in [-0.3, -0.25) is 19.2 Å². The number of rotatable bonds is 7. The third-order valence-corrected chi connectivity index (χ3v) is 5.10. The van der Waals surface area contributed by atoms with Crippen molar-refractivity contribution in [3.8, 4) is 0 Å². The molecule has 0 unspecified atom stereocenters. The third kappa shape index (κ3) is 7.03. The molecule has 10 heteroatoms. The average Bonchev–Trinajstić information content (AvgIpc) is 2.64. The van der Waals surface area contributed by atoms with Crippen molar-refractivity contribution in [1.29, 1.82) is 0 Å². The minimum absolute atomic E-state index is 0.246. The molecule has 1 aliphatic heterocycles. The highest BCUT2D eigenvalue weighted by molar-refractivity contribution is 7.99. The monoisotopic (exact) mass is 440 g/mol. The van der Waals surface area contributed by atoms with Crippen LogP contribution < -0.4 is 0 Å². The number of hydrogen-bond donors (Lipinski definition) is 0. The first kappa shape index (κ1) is 23.7. The predicted octanol–water partition coefficient (Wildman–Crippen LogP) is 1.86. The first-order chi connectivity index (χ1) is 14.2. The van der Waals surface area contributed by atoms with E-state index >= 15 is 0 Å². The maximum Gasteiger partial charge on any atom is 0.303 e. The van der Waals surface area contributed by atoms with Crippen LogP contribution in [0.5, 0.6) is 0 Å². The maximum atomic E-state index is 11.8. The molecule has 1 saturated heterocycles. The Morgan fingerprint density at radius 1 is 0.800 bits per heavy atom. The average molecular weight is 440 g/mol. The summed E-state index contributed by atoms with van der Waals surface area (Å²) >= 11 is 1.23. The van der Waals surface area contributed by atoms with E-state index in [-0.39, 0.29) is 6.61 Å². The fourth-order valence-electron chi connectivity index (χ4n) is 2.92. The van der Waals surface area contributed by atoms with Crippen LogP contribution in [0.2, 0.25) is 0 Å². The summed E-state index contributed by atoms with van der Waals surface area (Å²) in [5.41, 5.74) is -0.826. The van der Waals surface area contributed by atoms with E-state index in [9.17, 15) is 19.2 Å². The molecule has 164 valence electrons. The van der Waals surface area contributed by atoms with E-state index in [2.05, 4.69) is 0 Å². The van der Waals surface area contributed by atoms with Crippen molar-refractivity contribution in [2.75, 3.05) is 6.61 Å². The standard InChI is InChI=1S/C20H24O9S/c1-11(21)25-10-16-17(26-12(2)22)18(27-13(3)23)19(28-14(4)24)20(29-16)30-15-8-6-5-7-9-15/h5-9,16-20H,10H2,1-4H3/t16-,17-,18+,19-,20+/m0/s1. The van der Waals surface area contributed by atoms with Crippen LogP contribution in [0.3, 0.4) is 0 Å². The van der Waals surface area contributed by atoms with Gasteiger partial charge in [0, 0.05) is 32.6 Å². The molecule has 0 bridgehead atoms. The molecule has 1 heterocycles. The van der Waals surface area contributed by atoms with Gasteiger partial charge in [0.1, 0.15) is 18.1 Å². The van der Waals surface area contributed by atoms with E-state index in [4.69, 9.17) is 23.7 Å². The van der Waals surface area contributed by atoms with Gasteiger partial charge in [-0.15, -0.1) is 0 Å². The Kier molecular flexibility index (Phi) is 8.67. The highest BCUT2D eigenvalue weighted by Crippen LogP contribution is 2.37. The minimum atomic E-state index is -1.16. The molecule has 1 aromatic carbocycles. The molecule has 30 heavy (non-hydrogen) atoms. The highest BCUT2D eigenvalue weighted by atomic mass is 32.2. The molecule has 0 aliphatic carbocycles. The summed E-state index contributed by atoms with van der Waals surface area (Å²) < 4.78 is 27.2. The van der Waals surface area contributed by atoms with Gasteiger partial charge >= 0.3 is 23.9 Å². The second-order valence-corrected chi connectivity index (χ2v) is 7.67. The zero-order chi connectivity index (χ0) is 22.3.